The second-order valence-electron chi connectivity index (χ2n) is 4.82. The predicted molar refractivity (Wildman–Crippen MR) is 68.2 cm³/mol. The van der Waals surface area contributed by atoms with Crippen molar-refractivity contribution in [2.75, 3.05) is 6.61 Å². The molecule has 1 rings (SSSR count). The van der Waals surface area contributed by atoms with Crippen LogP contribution in [0, 0.1) is 19.3 Å². The van der Waals surface area contributed by atoms with Crippen molar-refractivity contribution in [3.8, 4) is 18.1 Å². The lowest BCUT2D eigenvalue weighted by atomic mass is 10.2. The average Bonchev–Trinajstić information content (AvgIpc) is 2.24. The van der Waals surface area contributed by atoms with Gasteiger partial charge in [-0.15, -0.1) is 6.42 Å². The Morgan fingerprint density at radius 2 is 2.11 bits per heavy atom. The minimum Gasteiger partial charge on any atom is -0.479 e. The molecule has 0 radical (unpaired) electrons. The summed E-state index contributed by atoms with van der Waals surface area (Å²) in [5.74, 6) is 2.39. The van der Waals surface area contributed by atoms with Gasteiger partial charge in [-0.1, -0.05) is 0 Å². The highest BCUT2D eigenvalue weighted by molar-refractivity contribution is 5.71. The summed E-state index contributed by atoms with van der Waals surface area (Å²) in [7, 11) is 0. The topological polar surface area (TPSA) is 48.4 Å². The van der Waals surface area contributed by atoms with Gasteiger partial charge in [0.2, 0.25) is 0 Å². The van der Waals surface area contributed by atoms with Crippen molar-refractivity contribution in [3.63, 3.8) is 0 Å². The van der Waals surface area contributed by atoms with Gasteiger partial charge in [0.1, 0.15) is 5.60 Å². The number of carbonyl (C=O) groups excluding carboxylic acids is 1. The molecule has 4 nitrogen and oxygen atoms in total. The lowest BCUT2D eigenvalue weighted by Gasteiger charge is -2.19. The first-order chi connectivity index (χ1) is 8.31. The Morgan fingerprint density at radius 3 is 2.67 bits per heavy atom. The molecule has 0 saturated heterocycles. The third-order valence-electron chi connectivity index (χ3n) is 1.90. The van der Waals surface area contributed by atoms with Crippen molar-refractivity contribution in [2.24, 2.45) is 0 Å². The van der Waals surface area contributed by atoms with E-state index in [2.05, 4.69) is 10.9 Å². The largest absolute Gasteiger partial charge is 0.479 e. The van der Waals surface area contributed by atoms with Crippen LogP contribution in [-0.4, -0.2) is 23.2 Å². The fourth-order valence-electron chi connectivity index (χ4n) is 1.27. The maximum Gasteiger partial charge on any atom is 0.344 e. The van der Waals surface area contributed by atoms with E-state index < -0.39 is 11.6 Å². The molecule has 0 aliphatic carbocycles. The van der Waals surface area contributed by atoms with Crippen LogP contribution < -0.4 is 4.74 Å². The van der Waals surface area contributed by atoms with E-state index in [1.807, 2.05) is 6.92 Å². The van der Waals surface area contributed by atoms with Crippen molar-refractivity contribution >= 4 is 5.97 Å². The van der Waals surface area contributed by atoms with Crippen molar-refractivity contribution in [2.45, 2.75) is 33.3 Å². The number of aromatic nitrogens is 1. The molecule has 18 heavy (non-hydrogen) atoms. The van der Waals surface area contributed by atoms with Crippen LogP contribution in [-0.2, 0) is 9.53 Å². The molecule has 4 heteroatoms. The zero-order valence-corrected chi connectivity index (χ0v) is 11.1. The number of aryl methyl sites for hydroxylation is 1. The van der Waals surface area contributed by atoms with Gasteiger partial charge in [0.15, 0.2) is 18.1 Å². The summed E-state index contributed by atoms with van der Waals surface area (Å²) >= 11 is 0. The lowest BCUT2D eigenvalue weighted by molar-refractivity contribution is -0.157. The summed E-state index contributed by atoms with van der Waals surface area (Å²) in [5, 5.41) is 0. The number of carbonyl (C=O) groups is 1. The summed E-state index contributed by atoms with van der Waals surface area (Å²) in [6, 6.07) is 3.47. The van der Waals surface area contributed by atoms with Crippen LogP contribution in [0.25, 0.3) is 0 Å². The van der Waals surface area contributed by atoms with Crippen molar-refractivity contribution < 1.29 is 14.3 Å². The van der Waals surface area contributed by atoms with Gasteiger partial charge in [0.25, 0.3) is 0 Å². The number of ether oxygens (including phenoxy) is 2. The number of hydrogen-bond donors (Lipinski definition) is 0. The number of terminal acetylenes is 1. The molecule has 1 aromatic heterocycles. The number of nitrogens with zero attached hydrogens (tertiary/aromatic N) is 1. The number of pyridine rings is 1. The van der Waals surface area contributed by atoms with Crippen LogP contribution in [0.15, 0.2) is 12.1 Å². The molecule has 96 valence electrons. The zero-order valence-electron chi connectivity index (χ0n) is 11.1. The Hall–Kier alpha value is -2.02. The van der Waals surface area contributed by atoms with E-state index in [0.717, 1.165) is 5.69 Å². The quantitative estimate of drug-likeness (QED) is 0.606. The Bertz CT molecular complexity index is 481. The molecular weight excluding hydrogens is 230 g/mol. The minimum absolute atomic E-state index is 0.184. The number of esters is 1. The molecule has 1 heterocycles. The summed E-state index contributed by atoms with van der Waals surface area (Å²) in [4.78, 5) is 15.6. The van der Waals surface area contributed by atoms with Crippen molar-refractivity contribution in [1.82, 2.24) is 4.98 Å². The summed E-state index contributed by atoms with van der Waals surface area (Å²) in [6.07, 6.45) is 5.32. The normalized spacial score (nSPS) is 10.6. The first kappa shape index (κ1) is 14.0. The van der Waals surface area contributed by atoms with E-state index in [1.165, 1.54) is 0 Å². The van der Waals surface area contributed by atoms with Crippen LogP contribution >= 0.6 is 0 Å². The molecule has 0 fully saturated rings. The van der Waals surface area contributed by atoms with Gasteiger partial charge in [0.05, 0.1) is 0 Å². The van der Waals surface area contributed by atoms with E-state index in [0.29, 0.717) is 11.4 Å². The third kappa shape index (κ3) is 4.46. The molecule has 0 aliphatic rings. The molecule has 0 spiro atoms. The van der Waals surface area contributed by atoms with Gasteiger partial charge in [0, 0.05) is 5.69 Å². The molecule has 0 aliphatic heterocycles. The molecule has 0 atom stereocenters. The molecule has 0 amide bonds. The Labute approximate surface area is 107 Å². The zero-order chi connectivity index (χ0) is 13.8. The lowest BCUT2D eigenvalue weighted by Crippen LogP contribution is -2.27. The summed E-state index contributed by atoms with van der Waals surface area (Å²) in [5.41, 5.74) is 0.659. The van der Waals surface area contributed by atoms with Gasteiger partial charge >= 0.3 is 5.97 Å². The first-order valence-corrected chi connectivity index (χ1v) is 5.61. The van der Waals surface area contributed by atoms with Crippen molar-refractivity contribution in [1.29, 1.82) is 0 Å². The van der Waals surface area contributed by atoms with Crippen LogP contribution in [0.3, 0.4) is 0 Å². The Morgan fingerprint density at radius 1 is 1.44 bits per heavy atom. The third-order valence-corrected chi connectivity index (χ3v) is 1.90. The maximum atomic E-state index is 11.5. The van der Waals surface area contributed by atoms with Crippen LogP contribution in [0.5, 0.6) is 5.75 Å². The highest BCUT2D eigenvalue weighted by atomic mass is 16.6. The van der Waals surface area contributed by atoms with Crippen molar-refractivity contribution in [3.05, 3.63) is 23.5 Å². The molecule has 0 bridgehead atoms. The van der Waals surface area contributed by atoms with Gasteiger partial charge < -0.3 is 9.47 Å². The molecular formula is C14H17NO3. The predicted octanol–water partition coefficient (Wildman–Crippen LogP) is 2.09. The van der Waals surface area contributed by atoms with Gasteiger partial charge in [-0.05, 0) is 45.7 Å². The monoisotopic (exact) mass is 247 g/mol. The SMILES string of the molecule is C#Cc1nc(C)ccc1OCC(=O)OC(C)(C)C. The fraction of sp³-hybridized carbons (Fsp3) is 0.429. The Balaban J connectivity index is 2.65. The first-order valence-electron chi connectivity index (χ1n) is 5.61. The standard InChI is InChI=1S/C14H17NO3/c1-6-11-12(8-7-10(2)15-11)17-9-13(16)18-14(3,4)5/h1,7-8H,9H2,2-5H3. The fourth-order valence-corrected chi connectivity index (χ4v) is 1.27. The second kappa shape index (κ2) is 5.54. The summed E-state index contributed by atoms with van der Waals surface area (Å²) < 4.78 is 10.4. The highest BCUT2D eigenvalue weighted by Gasteiger charge is 2.17. The molecule has 1 aromatic rings. The minimum atomic E-state index is -0.527. The maximum absolute atomic E-state index is 11.5. The molecule has 0 N–H and O–H groups in total. The molecule has 0 saturated carbocycles. The highest BCUT2D eigenvalue weighted by Crippen LogP contribution is 2.16. The van der Waals surface area contributed by atoms with E-state index in [1.54, 1.807) is 32.9 Å². The van der Waals surface area contributed by atoms with E-state index >= 15 is 0 Å². The smallest absolute Gasteiger partial charge is 0.344 e. The van der Waals surface area contributed by atoms with Crippen LogP contribution in [0.4, 0.5) is 0 Å². The number of hydrogen-bond acceptors (Lipinski definition) is 4. The Kier molecular flexibility index (Phi) is 4.33. The summed E-state index contributed by atoms with van der Waals surface area (Å²) in [6.45, 7) is 7.04. The number of rotatable bonds is 3. The van der Waals surface area contributed by atoms with E-state index in [-0.39, 0.29) is 6.61 Å². The van der Waals surface area contributed by atoms with E-state index in [9.17, 15) is 4.79 Å². The second-order valence-corrected chi connectivity index (χ2v) is 4.82. The van der Waals surface area contributed by atoms with E-state index in [4.69, 9.17) is 15.9 Å². The van der Waals surface area contributed by atoms with Gasteiger partial charge in [-0.2, -0.15) is 0 Å². The molecule has 0 aromatic carbocycles. The van der Waals surface area contributed by atoms with Gasteiger partial charge in [-0.25, -0.2) is 9.78 Å². The molecule has 0 unspecified atom stereocenters. The van der Waals surface area contributed by atoms with Crippen LogP contribution in [0.1, 0.15) is 32.2 Å². The van der Waals surface area contributed by atoms with Gasteiger partial charge in [-0.3, -0.25) is 0 Å². The average molecular weight is 247 g/mol. The van der Waals surface area contributed by atoms with Crippen LogP contribution in [0.2, 0.25) is 0 Å².